The van der Waals surface area contributed by atoms with E-state index in [1.807, 2.05) is 52.9 Å². The zero-order chi connectivity index (χ0) is 9.26. The lowest BCUT2D eigenvalue weighted by molar-refractivity contribution is 0.634. The lowest BCUT2D eigenvalue weighted by Gasteiger charge is -2.06. The molecule has 66 valence electrons. The molecule has 0 radical (unpaired) electrons. The number of rotatable bonds is 1. The summed E-state index contributed by atoms with van der Waals surface area (Å²) in [4.78, 5) is 0. The van der Waals surface area contributed by atoms with E-state index >= 15 is 0 Å². The number of hydrogen-bond donors (Lipinski definition) is 1. The second-order valence-electron chi connectivity index (χ2n) is 2.92. The van der Waals surface area contributed by atoms with Crippen LogP contribution in [-0.4, -0.2) is 9.36 Å². The smallest absolute Gasteiger partial charge is 0.146 e. The van der Waals surface area contributed by atoms with E-state index in [0.29, 0.717) is 5.49 Å². The van der Waals surface area contributed by atoms with Crippen LogP contribution in [0.15, 0.2) is 42.6 Å². The van der Waals surface area contributed by atoms with Crippen molar-refractivity contribution in [1.29, 1.82) is 5.41 Å². The van der Waals surface area contributed by atoms with Gasteiger partial charge in [-0.3, -0.25) is 10.1 Å². The Hall–Kier alpha value is -1.77. The van der Waals surface area contributed by atoms with Crippen molar-refractivity contribution in [3.63, 3.8) is 0 Å². The molecule has 2 rings (SSSR count). The lowest BCUT2D eigenvalue weighted by Crippen LogP contribution is -2.18. The summed E-state index contributed by atoms with van der Waals surface area (Å²) in [6, 6.07) is 11.6. The van der Waals surface area contributed by atoms with E-state index in [9.17, 15) is 0 Å². The Kier molecular flexibility index (Phi) is 1.77. The minimum atomic E-state index is 0.494. The molecule has 0 fully saturated rings. The summed E-state index contributed by atoms with van der Waals surface area (Å²) >= 11 is 0. The van der Waals surface area contributed by atoms with Crippen molar-refractivity contribution in [3.05, 3.63) is 48.1 Å². The molecule has 0 aliphatic heterocycles. The zero-order valence-corrected chi connectivity index (χ0v) is 7.44. The van der Waals surface area contributed by atoms with Crippen molar-refractivity contribution >= 4 is 0 Å². The van der Waals surface area contributed by atoms with Crippen LogP contribution in [0.3, 0.4) is 0 Å². The zero-order valence-electron chi connectivity index (χ0n) is 7.44. The van der Waals surface area contributed by atoms with E-state index in [2.05, 4.69) is 0 Å². The van der Waals surface area contributed by atoms with E-state index in [1.54, 1.807) is 6.07 Å². The van der Waals surface area contributed by atoms with Crippen LogP contribution in [0.1, 0.15) is 0 Å². The van der Waals surface area contributed by atoms with Gasteiger partial charge in [0, 0.05) is 13.2 Å². The fourth-order valence-electron chi connectivity index (χ4n) is 1.38. The number of nitrogens with one attached hydrogen (secondary N) is 1. The van der Waals surface area contributed by atoms with Gasteiger partial charge in [0.2, 0.25) is 0 Å². The summed E-state index contributed by atoms with van der Waals surface area (Å²) in [6.45, 7) is 0. The highest BCUT2D eigenvalue weighted by Gasteiger charge is 1.98. The van der Waals surface area contributed by atoms with Crippen LogP contribution in [0.4, 0.5) is 0 Å². The molecule has 0 aliphatic carbocycles. The van der Waals surface area contributed by atoms with Gasteiger partial charge in [0.15, 0.2) is 0 Å². The number of hydrogen-bond acceptors (Lipinski definition) is 1. The average molecular weight is 173 g/mol. The van der Waals surface area contributed by atoms with Crippen molar-refractivity contribution < 1.29 is 0 Å². The third-order valence-electron chi connectivity index (χ3n) is 1.99. The fraction of sp³-hybridized carbons (Fsp3) is 0.100. The summed E-state index contributed by atoms with van der Waals surface area (Å²) in [6.07, 6.45) is 1.87. The van der Waals surface area contributed by atoms with Gasteiger partial charge >= 0.3 is 0 Å². The molecule has 0 saturated heterocycles. The van der Waals surface area contributed by atoms with Crippen LogP contribution in [0.2, 0.25) is 0 Å². The molecule has 0 saturated carbocycles. The van der Waals surface area contributed by atoms with E-state index in [-0.39, 0.29) is 0 Å². The van der Waals surface area contributed by atoms with E-state index in [1.165, 1.54) is 0 Å². The minimum absolute atomic E-state index is 0.494. The highest BCUT2D eigenvalue weighted by Crippen LogP contribution is 2.02. The molecule has 3 nitrogen and oxygen atoms in total. The number of nitrogens with zero attached hydrogens (tertiary/aromatic N) is 2. The van der Waals surface area contributed by atoms with Crippen molar-refractivity contribution in [2.24, 2.45) is 7.05 Å². The summed E-state index contributed by atoms with van der Waals surface area (Å²) in [5.41, 5.74) is 1.51. The molecule has 0 bridgehead atoms. The summed E-state index contributed by atoms with van der Waals surface area (Å²) in [5.74, 6) is 0. The van der Waals surface area contributed by atoms with E-state index in [0.717, 1.165) is 5.69 Å². The van der Waals surface area contributed by atoms with Crippen LogP contribution < -0.4 is 5.49 Å². The van der Waals surface area contributed by atoms with Crippen LogP contribution in [0.25, 0.3) is 5.69 Å². The fourth-order valence-corrected chi connectivity index (χ4v) is 1.38. The first kappa shape index (κ1) is 7.86. The maximum absolute atomic E-state index is 7.67. The van der Waals surface area contributed by atoms with Crippen LogP contribution >= 0.6 is 0 Å². The first-order valence-corrected chi connectivity index (χ1v) is 4.14. The highest BCUT2D eigenvalue weighted by atomic mass is 15.4. The van der Waals surface area contributed by atoms with Gasteiger partial charge in [0.25, 0.3) is 0 Å². The third-order valence-corrected chi connectivity index (χ3v) is 1.99. The first-order chi connectivity index (χ1) is 6.29. The third kappa shape index (κ3) is 1.28. The molecule has 0 atom stereocenters. The van der Waals surface area contributed by atoms with Crippen LogP contribution in [0, 0.1) is 5.41 Å². The molecule has 0 spiro atoms. The van der Waals surface area contributed by atoms with Gasteiger partial charge in [-0.2, -0.15) is 0 Å². The van der Waals surface area contributed by atoms with Crippen LogP contribution in [0.5, 0.6) is 0 Å². The normalized spacial score (nSPS) is 10.2. The Morgan fingerprint density at radius 1 is 1.08 bits per heavy atom. The molecular formula is C10H11N3. The maximum atomic E-state index is 7.67. The predicted molar refractivity (Wildman–Crippen MR) is 50.6 cm³/mol. The highest BCUT2D eigenvalue weighted by molar-refractivity contribution is 5.29. The molecule has 0 unspecified atom stereocenters. The molecular weight excluding hydrogens is 162 g/mol. The van der Waals surface area contributed by atoms with Crippen molar-refractivity contribution in [1.82, 2.24) is 9.36 Å². The number of benzene rings is 1. The molecule has 0 amide bonds. The monoisotopic (exact) mass is 173 g/mol. The number of para-hydroxylation sites is 1. The van der Waals surface area contributed by atoms with Gasteiger partial charge in [0.1, 0.15) is 5.49 Å². The van der Waals surface area contributed by atoms with Gasteiger partial charge in [-0.15, -0.1) is 0 Å². The van der Waals surface area contributed by atoms with E-state index < -0.39 is 0 Å². The van der Waals surface area contributed by atoms with Gasteiger partial charge in [0.05, 0.1) is 5.69 Å². The number of aryl methyl sites for hydroxylation is 1. The maximum Gasteiger partial charge on any atom is 0.146 e. The Balaban J connectivity index is 2.65. The topological polar surface area (TPSA) is 33.7 Å². The molecule has 13 heavy (non-hydrogen) atoms. The van der Waals surface area contributed by atoms with Crippen molar-refractivity contribution in [2.75, 3.05) is 0 Å². The quantitative estimate of drug-likeness (QED) is 0.674. The Morgan fingerprint density at radius 2 is 1.77 bits per heavy atom. The van der Waals surface area contributed by atoms with Crippen molar-refractivity contribution in [2.45, 2.75) is 0 Å². The molecule has 0 aliphatic rings. The predicted octanol–water partition coefficient (Wildman–Crippen LogP) is 1.30. The van der Waals surface area contributed by atoms with Gasteiger partial charge < -0.3 is 0 Å². The summed E-state index contributed by atoms with van der Waals surface area (Å²) in [5, 5.41) is 7.67. The molecule has 1 aromatic carbocycles. The molecule has 3 heteroatoms. The standard InChI is InChI=1S/C10H11N3/c1-12-8-7-10(11)13(12)9-5-3-2-4-6-9/h2-8,11H,1H3. The SMILES string of the molecule is Cn1ccc(=N)n1-c1ccccc1. The molecule has 2 aromatic rings. The van der Waals surface area contributed by atoms with Gasteiger partial charge in [-0.1, -0.05) is 18.2 Å². The Bertz CT molecular complexity index is 451. The Morgan fingerprint density at radius 3 is 2.31 bits per heavy atom. The molecule has 1 heterocycles. The van der Waals surface area contributed by atoms with E-state index in [4.69, 9.17) is 5.41 Å². The largest absolute Gasteiger partial charge is 0.290 e. The van der Waals surface area contributed by atoms with Crippen molar-refractivity contribution in [3.8, 4) is 5.69 Å². The second-order valence-corrected chi connectivity index (χ2v) is 2.92. The minimum Gasteiger partial charge on any atom is -0.290 e. The number of aromatic nitrogens is 2. The second kappa shape index (κ2) is 2.94. The molecule has 1 N–H and O–H groups in total. The summed E-state index contributed by atoms with van der Waals surface area (Å²) in [7, 11) is 1.92. The lowest BCUT2D eigenvalue weighted by atomic mass is 10.3. The molecule has 1 aromatic heterocycles. The average Bonchev–Trinajstić information content (AvgIpc) is 2.48. The van der Waals surface area contributed by atoms with Crippen LogP contribution in [-0.2, 0) is 7.05 Å². The van der Waals surface area contributed by atoms with Gasteiger partial charge in [-0.25, -0.2) is 4.68 Å². The van der Waals surface area contributed by atoms with Gasteiger partial charge in [-0.05, 0) is 18.2 Å². The first-order valence-electron chi connectivity index (χ1n) is 4.14. The Labute approximate surface area is 76.4 Å². The summed E-state index contributed by atoms with van der Waals surface area (Å²) < 4.78 is 3.72.